The Bertz CT molecular complexity index is 1140. The predicted octanol–water partition coefficient (Wildman–Crippen LogP) is 0.0273. The Balaban J connectivity index is 2.16. The molecule has 0 bridgehead atoms. The summed E-state index contributed by atoms with van der Waals surface area (Å²) in [6.07, 6.45) is 1.03. The summed E-state index contributed by atoms with van der Waals surface area (Å²) in [5, 5.41) is 27.0. The van der Waals surface area contributed by atoms with E-state index in [2.05, 4.69) is 33.6 Å². The smallest absolute Gasteiger partial charge is 0.326 e. The molecule has 12 nitrogen and oxygen atoms in total. The highest BCUT2D eigenvalue weighted by Crippen LogP contribution is 2.19. The molecular weight excluding hydrogens is 502 g/mol. The minimum absolute atomic E-state index is 0.00274. The van der Waals surface area contributed by atoms with Crippen molar-refractivity contribution in [3.63, 3.8) is 0 Å². The minimum atomic E-state index is -1.28. The van der Waals surface area contributed by atoms with E-state index in [9.17, 15) is 29.1 Å². The summed E-state index contributed by atoms with van der Waals surface area (Å²) in [5.41, 5.74) is 7.16. The lowest BCUT2D eigenvalue weighted by atomic mass is 10.00. The standard InChI is InChI=1S/C24H33N5O7S/c1-12(2)20(29-22(33)17(7-8-19(30)31)27-21(32)15(25)11-37)23(34)28-18(24(35)36)9-13-10-26-16-6-4-3-5-14(13)16/h3-6,10,12,15,17-18,20,26,37H,7-9,11,25H2,1-2H3,(H,27,32)(H,28,34)(H,29,33)(H,30,31)(H,35,36). The second-order valence-corrected chi connectivity index (χ2v) is 9.34. The molecule has 1 aromatic heterocycles. The molecule has 0 spiro atoms. The molecule has 4 atom stereocenters. The Hall–Kier alpha value is -3.58. The lowest BCUT2D eigenvalue weighted by molar-refractivity contribution is -0.142. The van der Waals surface area contributed by atoms with Gasteiger partial charge in [-0.1, -0.05) is 32.0 Å². The molecule has 3 amide bonds. The van der Waals surface area contributed by atoms with Crippen LogP contribution in [0.4, 0.5) is 0 Å². The van der Waals surface area contributed by atoms with Crippen LogP contribution in [0.15, 0.2) is 30.5 Å². The van der Waals surface area contributed by atoms with Gasteiger partial charge in [0, 0.05) is 35.7 Å². The highest BCUT2D eigenvalue weighted by Gasteiger charge is 2.32. The van der Waals surface area contributed by atoms with Crippen molar-refractivity contribution in [2.45, 2.75) is 57.3 Å². The first-order valence-corrected chi connectivity index (χ1v) is 12.3. The van der Waals surface area contributed by atoms with Gasteiger partial charge in [-0.2, -0.15) is 12.6 Å². The van der Waals surface area contributed by atoms with Crippen LogP contribution in [0.1, 0.15) is 32.3 Å². The third-order valence-corrected chi connectivity index (χ3v) is 6.17. The molecule has 37 heavy (non-hydrogen) atoms. The summed E-state index contributed by atoms with van der Waals surface area (Å²) in [5.74, 6) is -5.10. The molecule has 0 fully saturated rings. The maximum atomic E-state index is 13.1. The maximum Gasteiger partial charge on any atom is 0.326 e. The molecule has 13 heteroatoms. The maximum absolute atomic E-state index is 13.1. The molecule has 1 heterocycles. The summed E-state index contributed by atoms with van der Waals surface area (Å²) in [4.78, 5) is 64.3. The van der Waals surface area contributed by atoms with E-state index in [0.29, 0.717) is 5.56 Å². The van der Waals surface area contributed by atoms with E-state index < -0.39 is 66.2 Å². The van der Waals surface area contributed by atoms with Crippen LogP contribution in [0.3, 0.4) is 0 Å². The van der Waals surface area contributed by atoms with Crippen molar-refractivity contribution in [1.82, 2.24) is 20.9 Å². The average Bonchev–Trinajstić information content (AvgIpc) is 3.26. The molecule has 0 radical (unpaired) electrons. The number of para-hydroxylation sites is 1. The van der Waals surface area contributed by atoms with E-state index in [1.54, 1.807) is 20.0 Å². The number of nitrogens with two attached hydrogens (primary N) is 1. The zero-order chi connectivity index (χ0) is 27.7. The molecular formula is C24H33N5O7S. The van der Waals surface area contributed by atoms with Gasteiger partial charge in [-0.3, -0.25) is 19.2 Å². The van der Waals surface area contributed by atoms with Crippen LogP contribution in [-0.4, -0.2) is 74.8 Å². The van der Waals surface area contributed by atoms with Crippen LogP contribution < -0.4 is 21.7 Å². The summed E-state index contributed by atoms with van der Waals surface area (Å²) >= 11 is 3.94. The van der Waals surface area contributed by atoms with Crippen LogP contribution in [0.2, 0.25) is 0 Å². The van der Waals surface area contributed by atoms with Gasteiger partial charge in [-0.15, -0.1) is 0 Å². The molecule has 0 saturated carbocycles. The number of carbonyl (C=O) groups excluding carboxylic acids is 3. The lowest BCUT2D eigenvalue weighted by Crippen LogP contribution is -2.58. The number of fused-ring (bicyclic) bond motifs is 1. The highest BCUT2D eigenvalue weighted by molar-refractivity contribution is 7.80. The van der Waals surface area contributed by atoms with Crippen molar-refractivity contribution in [3.8, 4) is 0 Å². The van der Waals surface area contributed by atoms with Gasteiger partial charge in [-0.25, -0.2) is 4.79 Å². The van der Waals surface area contributed by atoms with E-state index in [1.165, 1.54) is 0 Å². The van der Waals surface area contributed by atoms with Gasteiger partial charge in [0.25, 0.3) is 0 Å². The number of carbonyl (C=O) groups is 5. The van der Waals surface area contributed by atoms with E-state index in [-0.39, 0.29) is 18.6 Å². The summed E-state index contributed by atoms with van der Waals surface area (Å²) in [6, 6.07) is 2.62. The first kappa shape index (κ1) is 29.6. The first-order valence-electron chi connectivity index (χ1n) is 11.7. The monoisotopic (exact) mass is 535 g/mol. The number of thiol groups is 1. The number of aliphatic carboxylic acids is 2. The second kappa shape index (κ2) is 13.7. The van der Waals surface area contributed by atoms with Crippen LogP contribution in [0, 0.1) is 5.92 Å². The quantitative estimate of drug-likeness (QED) is 0.155. The fourth-order valence-corrected chi connectivity index (χ4v) is 3.83. The van der Waals surface area contributed by atoms with Crippen molar-refractivity contribution in [3.05, 3.63) is 36.0 Å². The number of H-pyrrole nitrogens is 1. The molecule has 2 aromatic rings. The Morgan fingerprint density at radius 1 is 0.973 bits per heavy atom. The molecule has 0 aliphatic heterocycles. The van der Waals surface area contributed by atoms with Gasteiger partial charge in [0.15, 0.2) is 0 Å². The number of nitrogens with one attached hydrogen (secondary N) is 4. The van der Waals surface area contributed by atoms with Crippen molar-refractivity contribution < 1.29 is 34.2 Å². The van der Waals surface area contributed by atoms with Crippen molar-refractivity contribution in [1.29, 1.82) is 0 Å². The first-order chi connectivity index (χ1) is 17.4. The zero-order valence-corrected chi connectivity index (χ0v) is 21.5. The number of benzene rings is 1. The number of aromatic nitrogens is 1. The van der Waals surface area contributed by atoms with Gasteiger partial charge >= 0.3 is 11.9 Å². The minimum Gasteiger partial charge on any atom is -0.481 e. The van der Waals surface area contributed by atoms with Crippen molar-refractivity contribution in [2.75, 3.05) is 5.75 Å². The molecule has 8 N–H and O–H groups in total. The molecule has 0 aliphatic rings. The molecule has 4 unspecified atom stereocenters. The number of rotatable bonds is 14. The fourth-order valence-electron chi connectivity index (χ4n) is 3.67. The molecule has 1 aromatic carbocycles. The van der Waals surface area contributed by atoms with Crippen LogP contribution in [-0.2, 0) is 30.4 Å². The Labute approximate surface area is 219 Å². The highest BCUT2D eigenvalue weighted by atomic mass is 32.1. The van der Waals surface area contributed by atoms with E-state index in [4.69, 9.17) is 10.8 Å². The summed E-state index contributed by atoms with van der Waals surface area (Å²) < 4.78 is 0. The number of aromatic amines is 1. The third-order valence-electron chi connectivity index (χ3n) is 5.77. The van der Waals surface area contributed by atoms with E-state index >= 15 is 0 Å². The number of amides is 3. The largest absolute Gasteiger partial charge is 0.481 e. The average molecular weight is 536 g/mol. The SMILES string of the molecule is CC(C)C(NC(=O)C(CCC(=O)O)NC(=O)C(N)CS)C(=O)NC(Cc1c[nH]c2ccccc12)C(=O)O. The molecule has 2 rings (SSSR count). The number of carboxylic acids is 2. The van der Waals surface area contributed by atoms with Gasteiger partial charge in [-0.05, 0) is 24.0 Å². The van der Waals surface area contributed by atoms with Gasteiger partial charge in [0.2, 0.25) is 17.7 Å². The molecule has 202 valence electrons. The van der Waals surface area contributed by atoms with Gasteiger partial charge in [0.05, 0.1) is 6.04 Å². The Morgan fingerprint density at radius 2 is 1.62 bits per heavy atom. The number of hydrogen-bond donors (Lipinski definition) is 8. The van der Waals surface area contributed by atoms with Crippen LogP contribution in [0.25, 0.3) is 10.9 Å². The van der Waals surface area contributed by atoms with Gasteiger partial charge in [0.1, 0.15) is 18.1 Å². The third kappa shape index (κ3) is 8.50. The zero-order valence-electron chi connectivity index (χ0n) is 20.6. The number of carboxylic acid groups (broad SMARTS) is 2. The molecule has 0 saturated heterocycles. The Morgan fingerprint density at radius 3 is 2.22 bits per heavy atom. The lowest BCUT2D eigenvalue weighted by Gasteiger charge is -2.27. The van der Waals surface area contributed by atoms with Crippen LogP contribution >= 0.6 is 12.6 Å². The molecule has 0 aliphatic carbocycles. The van der Waals surface area contributed by atoms with E-state index in [1.807, 2.05) is 24.3 Å². The van der Waals surface area contributed by atoms with Crippen molar-refractivity contribution in [2.24, 2.45) is 11.7 Å². The number of hydrogen-bond acceptors (Lipinski definition) is 7. The predicted molar refractivity (Wildman–Crippen MR) is 139 cm³/mol. The van der Waals surface area contributed by atoms with E-state index in [0.717, 1.165) is 10.9 Å². The summed E-state index contributed by atoms with van der Waals surface area (Å²) in [7, 11) is 0. The summed E-state index contributed by atoms with van der Waals surface area (Å²) in [6.45, 7) is 3.31. The second-order valence-electron chi connectivity index (χ2n) is 8.98. The normalized spacial score (nSPS) is 14.4. The van der Waals surface area contributed by atoms with Crippen LogP contribution in [0.5, 0.6) is 0 Å². The Kier molecular flexibility index (Phi) is 10.9. The van der Waals surface area contributed by atoms with Gasteiger partial charge < -0.3 is 36.9 Å². The topological polar surface area (TPSA) is 204 Å². The fraction of sp³-hybridized carbons (Fsp3) is 0.458. The van der Waals surface area contributed by atoms with Crippen molar-refractivity contribution >= 4 is 53.2 Å².